The highest BCUT2D eigenvalue weighted by molar-refractivity contribution is 7.12. The van der Waals surface area contributed by atoms with Crippen molar-refractivity contribution in [1.82, 2.24) is 4.98 Å². The maximum atomic E-state index is 12.8. The first-order chi connectivity index (χ1) is 10.1. The van der Waals surface area contributed by atoms with E-state index < -0.39 is 11.7 Å². The van der Waals surface area contributed by atoms with Crippen LogP contribution in [0.15, 0.2) is 35.8 Å². The summed E-state index contributed by atoms with van der Waals surface area (Å²) in [6.45, 7) is 0. The summed E-state index contributed by atoms with van der Waals surface area (Å²) >= 11 is 1.31. The maximum Gasteiger partial charge on any atom is 0.173 e. The zero-order chi connectivity index (χ0) is 15.2. The zero-order valence-electron chi connectivity index (χ0n) is 11.0. The molecule has 4 nitrogen and oxygen atoms in total. The van der Waals surface area contributed by atoms with Crippen LogP contribution in [0.25, 0.3) is 0 Å². The number of Topliss-reactive ketones (excluding diaryl/α,β-unsaturated/α-hetero) is 2. The number of hydrogen-bond acceptors (Lipinski definition) is 5. The smallest absolute Gasteiger partial charge is 0.173 e. The minimum absolute atomic E-state index is 0.0337. The zero-order valence-corrected chi connectivity index (χ0v) is 11.8. The summed E-state index contributed by atoms with van der Waals surface area (Å²) in [5.41, 5.74) is 0.201. The molecule has 1 atom stereocenters. The van der Waals surface area contributed by atoms with E-state index in [2.05, 4.69) is 4.98 Å². The van der Waals surface area contributed by atoms with Gasteiger partial charge in [0.05, 0.1) is 22.8 Å². The largest absolute Gasteiger partial charge is 0.298 e. The molecule has 2 aromatic heterocycles. The van der Waals surface area contributed by atoms with Gasteiger partial charge in [-0.3, -0.25) is 14.6 Å². The van der Waals surface area contributed by atoms with E-state index in [1.807, 2.05) is 6.07 Å². The monoisotopic (exact) mass is 302 g/mol. The lowest BCUT2D eigenvalue weighted by Gasteiger charge is -2.07. The van der Waals surface area contributed by atoms with Crippen LogP contribution in [-0.4, -0.2) is 16.6 Å². The van der Waals surface area contributed by atoms with E-state index in [9.17, 15) is 14.0 Å². The number of pyridine rings is 1. The molecule has 0 aromatic carbocycles. The van der Waals surface area contributed by atoms with Gasteiger partial charge in [0, 0.05) is 12.8 Å². The molecule has 0 N–H and O–H groups in total. The van der Waals surface area contributed by atoms with Crippen LogP contribution in [0.4, 0.5) is 4.39 Å². The Morgan fingerprint density at radius 2 is 2.14 bits per heavy atom. The average molecular weight is 302 g/mol. The fourth-order valence-electron chi connectivity index (χ4n) is 1.80. The number of thiophene rings is 1. The number of nitriles is 1. The number of nitrogens with zero attached hydrogens (tertiary/aromatic N) is 2. The van der Waals surface area contributed by atoms with Gasteiger partial charge in [0.15, 0.2) is 11.6 Å². The first kappa shape index (κ1) is 15.0. The molecule has 0 unspecified atom stereocenters. The Hall–Kier alpha value is -2.39. The van der Waals surface area contributed by atoms with Gasteiger partial charge in [0.1, 0.15) is 11.7 Å². The molecule has 0 radical (unpaired) electrons. The molecule has 0 fully saturated rings. The fraction of sp³-hybridized carbons (Fsp3) is 0.200. The van der Waals surface area contributed by atoms with Gasteiger partial charge in [-0.15, -0.1) is 11.3 Å². The molecule has 2 rings (SSSR count). The van der Waals surface area contributed by atoms with Crippen LogP contribution >= 0.6 is 11.3 Å². The van der Waals surface area contributed by atoms with Crippen LogP contribution in [0.5, 0.6) is 0 Å². The lowest BCUT2D eigenvalue weighted by atomic mass is 9.96. The second-order valence-corrected chi connectivity index (χ2v) is 5.28. The maximum absolute atomic E-state index is 12.8. The summed E-state index contributed by atoms with van der Waals surface area (Å²) in [5.74, 6) is -2.11. The highest BCUT2D eigenvalue weighted by Gasteiger charge is 2.22. The second kappa shape index (κ2) is 6.86. The molecule has 0 amide bonds. The number of ketones is 2. The molecule has 106 valence electrons. The summed E-state index contributed by atoms with van der Waals surface area (Å²) in [6, 6.07) is 7.77. The Kier molecular flexibility index (Phi) is 4.90. The number of rotatable bonds is 6. The third kappa shape index (κ3) is 3.80. The van der Waals surface area contributed by atoms with Gasteiger partial charge in [0.2, 0.25) is 0 Å². The Morgan fingerprint density at radius 3 is 2.71 bits per heavy atom. The van der Waals surface area contributed by atoms with E-state index in [1.54, 1.807) is 17.5 Å². The van der Waals surface area contributed by atoms with E-state index >= 15 is 0 Å². The van der Waals surface area contributed by atoms with Crippen LogP contribution in [0.3, 0.4) is 0 Å². The van der Waals surface area contributed by atoms with Crippen molar-refractivity contribution in [2.75, 3.05) is 0 Å². The number of carbonyl (C=O) groups is 2. The highest BCUT2D eigenvalue weighted by atomic mass is 32.1. The first-order valence-electron chi connectivity index (χ1n) is 6.22. The Morgan fingerprint density at radius 1 is 1.33 bits per heavy atom. The second-order valence-electron chi connectivity index (χ2n) is 4.33. The molecule has 0 saturated heterocycles. The molecule has 0 aliphatic rings. The van der Waals surface area contributed by atoms with Gasteiger partial charge < -0.3 is 0 Å². The predicted molar refractivity (Wildman–Crippen MR) is 75.4 cm³/mol. The van der Waals surface area contributed by atoms with E-state index in [4.69, 9.17) is 5.26 Å². The summed E-state index contributed by atoms with van der Waals surface area (Å²) in [4.78, 5) is 28.2. The predicted octanol–water partition coefficient (Wildman–Crippen LogP) is 3.12. The first-order valence-corrected chi connectivity index (χ1v) is 7.10. The topological polar surface area (TPSA) is 70.8 Å². The van der Waals surface area contributed by atoms with Gasteiger partial charge in [-0.1, -0.05) is 6.07 Å². The van der Waals surface area contributed by atoms with Gasteiger partial charge in [-0.2, -0.15) is 5.26 Å². The molecule has 0 bridgehead atoms. The average Bonchev–Trinajstić information content (AvgIpc) is 3.02. The van der Waals surface area contributed by atoms with E-state index in [-0.39, 0.29) is 30.1 Å². The number of hydrogen-bond donors (Lipinski definition) is 0. The van der Waals surface area contributed by atoms with E-state index in [0.717, 1.165) is 12.3 Å². The minimum Gasteiger partial charge on any atom is -0.298 e. The third-order valence-corrected chi connectivity index (χ3v) is 3.80. The summed E-state index contributed by atoms with van der Waals surface area (Å²) < 4.78 is 12.8. The van der Waals surface area contributed by atoms with Crippen molar-refractivity contribution in [3.63, 3.8) is 0 Å². The van der Waals surface area contributed by atoms with Crippen LogP contribution in [0.1, 0.15) is 34.1 Å². The van der Waals surface area contributed by atoms with Crippen LogP contribution in [0, 0.1) is 17.1 Å². The van der Waals surface area contributed by atoms with Crippen LogP contribution in [-0.2, 0) is 4.79 Å². The molecule has 0 aliphatic heterocycles. The third-order valence-electron chi connectivity index (χ3n) is 2.89. The van der Waals surface area contributed by atoms with Crippen molar-refractivity contribution in [2.45, 2.75) is 18.8 Å². The number of aromatic nitrogens is 1. The molecule has 0 spiro atoms. The summed E-state index contributed by atoms with van der Waals surface area (Å²) in [7, 11) is 0. The molecule has 6 heteroatoms. The molecule has 0 saturated carbocycles. The lowest BCUT2D eigenvalue weighted by Crippen LogP contribution is -2.14. The summed E-state index contributed by atoms with van der Waals surface area (Å²) in [6.07, 6.45) is 0.983. The van der Waals surface area contributed by atoms with Gasteiger partial charge in [0.25, 0.3) is 0 Å². The number of carbonyl (C=O) groups excluding carboxylic acids is 2. The standard InChI is InChI=1S/C15H11FN2O2S/c16-10-3-4-12(18-9-10)11(8-17)13(19)5-6-14(20)15-2-1-7-21-15/h1-4,7,9,11H,5-6H2/t11-/m0/s1. The molecule has 2 aromatic rings. The van der Waals surface area contributed by atoms with Crippen molar-refractivity contribution in [2.24, 2.45) is 0 Å². The molecule has 21 heavy (non-hydrogen) atoms. The normalized spacial score (nSPS) is 11.6. The SMILES string of the molecule is N#C[C@H](C(=O)CCC(=O)c1cccs1)c1ccc(F)cn1. The Labute approximate surface area is 124 Å². The van der Waals surface area contributed by atoms with Crippen molar-refractivity contribution < 1.29 is 14.0 Å². The van der Waals surface area contributed by atoms with Crippen LogP contribution < -0.4 is 0 Å². The quantitative estimate of drug-likeness (QED) is 0.769. The van der Waals surface area contributed by atoms with Gasteiger partial charge >= 0.3 is 0 Å². The van der Waals surface area contributed by atoms with Crippen molar-refractivity contribution >= 4 is 22.9 Å². The molecular formula is C15H11FN2O2S. The fourth-order valence-corrected chi connectivity index (χ4v) is 2.50. The van der Waals surface area contributed by atoms with E-state index in [0.29, 0.717) is 4.88 Å². The number of halogens is 1. The van der Waals surface area contributed by atoms with Gasteiger partial charge in [-0.05, 0) is 23.6 Å². The molecular weight excluding hydrogens is 291 g/mol. The Balaban J connectivity index is 1.99. The molecule has 0 aliphatic carbocycles. The van der Waals surface area contributed by atoms with E-state index in [1.165, 1.54) is 17.4 Å². The Bertz CT molecular complexity index is 675. The molecule has 2 heterocycles. The van der Waals surface area contributed by atoms with Gasteiger partial charge in [-0.25, -0.2) is 4.39 Å². The highest BCUT2D eigenvalue weighted by Crippen LogP contribution is 2.18. The minimum atomic E-state index is -1.07. The van der Waals surface area contributed by atoms with Crippen molar-refractivity contribution in [1.29, 1.82) is 5.26 Å². The van der Waals surface area contributed by atoms with Crippen LogP contribution in [0.2, 0.25) is 0 Å². The van der Waals surface area contributed by atoms with Crippen molar-refractivity contribution in [3.05, 3.63) is 52.2 Å². The van der Waals surface area contributed by atoms with Crippen molar-refractivity contribution in [3.8, 4) is 6.07 Å². The summed E-state index contributed by atoms with van der Waals surface area (Å²) in [5, 5.41) is 10.9. The lowest BCUT2D eigenvalue weighted by molar-refractivity contribution is -0.119.